The summed E-state index contributed by atoms with van der Waals surface area (Å²) < 4.78 is 5.34. The minimum atomic E-state index is -0.353. The van der Waals surface area contributed by atoms with E-state index in [-0.39, 0.29) is 11.5 Å². The van der Waals surface area contributed by atoms with Gasteiger partial charge in [0.05, 0.1) is 5.75 Å². The van der Waals surface area contributed by atoms with E-state index >= 15 is 0 Å². The van der Waals surface area contributed by atoms with Gasteiger partial charge in [-0.1, -0.05) is 6.07 Å². The third-order valence-corrected chi connectivity index (χ3v) is 6.30. The van der Waals surface area contributed by atoms with Crippen LogP contribution in [0.3, 0.4) is 0 Å². The Morgan fingerprint density at radius 3 is 2.71 bits per heavy atom. The number of hydrogen-bond acceptors (Lipinski definition) is 4. The Bertz CT molecular complexity index is 1120. The number of amides is 1. The fourth-order valence-electron chi connectivity index (χ4n) is 3.70. The summed E-state index contributed by atoms with van der Waals surface area (Å²) in [5.41, 5.74) is 7.01. The molecular weight excluding hydrogens is 370 g/mol. The average Bonchev–Trinajstić information content (AvgIpc) is 3.11. The minimum Gasteiger partial charge on any atom is -0.423 e. The summed E-state index contributed by atoms with van der Waals surface area (Å²) in [5.74, 6) is 0.897. The predicted octanol–water partition coefficient (Wildman–Crippen LogP) is 4.77. The maximum absolute atomic E-state index is 12.3. The first kappa shape index (κ1) is 18.8. The highest BCUT2D eigenvalue weighted by Gasteiger charge is 2.13. The number of carbonyl (C=O) groups is 1. The van der Waals surface area contributed by atoms with Crippen LogP contribution in [0.5, 0.6) is 0 Å². The molecule has 5 heteroatoms. The zero-order valence-corrected chi connectivity index (χ0v) is 16.9. The van der Waals surface area contributed by atoms with Gasteiger partial charge in [-0.3, -0.25) is 4.79 Å². The maximum atomic E-state index is 12.3. The van der Waals surface area contributed by atoms with Crippen molar-refractivity contribution in [2.24, 2.45) is 0 Å². The summed E-state index contributed by atoms with van der Waals surface area (Å²) in [5, 5.41) is 3.92. The van der Waals surface area contributed by atoms with E-state index in [0.717, 1.165) is 40.6 Å². The van der Waals surface area contributed by atoms with Crippen molar-refractivity contribution in [2.75, 3.05) is 11.1 Å². The number of nitrogens with one attached hydrogen (secondary N) is 1. The van der Waals surface area contributed by atoms with E-state index in [1.807, 2.05) is 32.0 Å². The van der Waals surface area contributed by atoms with Crippen LogP contribution in [0.1, 0.15) is 34.2 Å². The van der Waals surface area contributed by atoms with Gasteiger partial charge in [-0.15, -0.1) is 11.8 Å². The molecule has 1 amide bonds. The number of hydrogen-bond donors (Lipinski definition) is 1. The largest absolute Gasteiger partial charge is 0.423 e. The van der Waals surface area contributed by atoms with Crippen LogP contribution in [-0.2, 0) is 23.4 Å². The van der Waals surface area contributed by atoms with E-state index in [2.05, 4.69) is 17.4 Å². The zero-order valence-electron chi connectivity index (χ0n) is 16.1. The molecule has 0 saturated heterocycles. The Morgan fingerprint density at radius 1 is 1.07 bits per heavy atom. The summed E-state index contributed by atoms with van der Waals surface area (Å²) in [6, 6.07) is 11.7. The minimum absolute atomic E-state index is 0.0257. The second-order valence-electron chi connectivity index (χ2n) is 7.40. The number of rotatable bonds is 5. The summed E-state index contributed by atoms with van der Waals surface area (Å²) in [7, 11) is 0. The highest BCUT2D eigenvalue weighted by Crippen LogP contribution is 2.26. The van der Waals surface area contributed by atoms with Crippen molar-refractivity contribution in [3.63, 3.8) is 0 Å². The molecule has 0 fully saturated rings. The van der Waals surface area contributed by atoms with Crippen molar-refractivity contribution in [1.82, 2.24) is 0 Å². The van der Waals surface area contributed by atoms with Crippen LogP contribution < -0.4 is 10.9 Å². The molecule has 28 heavy (non-hydrogen) atoms. The van der Waals surface area contributed by atoms with Gasteiger partial charge in [0, 0.05) is 22.9 Å². The van der Waals surface area contributed by atoms with E-state index in [1.165, 1.54) is 35.4 Å². The number of anilines is 1. The molecule has 1 heterocycles. The number of benzene rings is 2. The Kier molecular flexibility index (Phi) is 5.27. The van der Waals surface area contributed by atoms with E-state index in [4.69, 9.17) is 4.42 Å². The van der Waals surface area contributed by atoms with Crippen molar-refractivity contribution in [3.8, 4) is 0 Å². The molecule has 144 valence electrons. The second kappa shape index (κ2) is 7.84. The first-order valence-corrected chi connectivity index (χ1v) is 10.7. The van der Waals surface area contributed by atoms with E-state index in [1.54, 1.807) is 0 Å². The van der Waals surface area contributed by atoms with Gasteiger partial charge in [0.1, 0.15) is 5.58 Å². The smallest absolute Gasteiger partial charge is 0.336 e. The van der Waals surface area contributed by atoms with Crippen LogP contribution in [0.15, 0.2) is 45.6 Å². The Balaban J connectivity index is 1.41. The quantitative estimate of drug-likeness (QED) is 0.634. The van der Waals surface area contributed by atoms with Gasteiger partial charge in [0.2, 0.25) is 5.91 Å². The topological polar surface area (TPSA) is 59.3 Å². The molecule has 1 N–H and O–H groups in total. The normalized spacial score (nSPS) is 12.9. The van der Waals surface area contributed by atoms with E-state index < -0.39 is 0 Å². The molecule has 0 radical (unpaired) electrons. The Labute approximate surface area is 168 Å². The van der Waals surface area contributed by atoms with Gasteiger partial charge < -0.3 is 9.73 Å². The lowest BCUT2D eigenvalue weighted by Crippen LogP contribution is -2.14. The van der Waals surface area contributed by atoms with Crippen molar-refractivity contribution in [3.05, 3.63) is 74.6 Å². The summed E-state index contributed by atoms with van der Waals surface area (Å²) >= 11 is 1.50. The van der Waals surface area contributed by atoms with Crippen LogP contribution in [0, 0.1) is 13.8 Å². The first-order valence-electron chi connectivity index (χ1n) is 9.53. The molecule has 2 aromatic carbocycles. The summed E-state index contributed by atoms with van der Waals surface area (Å²) in [6.45, 7) is 4.04. The van der Waals surface area contributed by atoms with Crippen molar-refractivity contribution >= 4 is 34.3 Å². The van der Waals surface area contributed by atoms with Gasteiger partial charge >= 0.3 is 5.63 Å². The number of carbonyl (C=O) groups excluding carboxylic acids is 1. The summed E-state index contributed by atoms with van der Waals surface area (Å²) in [4.78, 5) is 24.2. The molecule has 0 aliphatic heterocycles. The monoisotopic (exact) mass is 393 g/mol. The molecule has 1 aromatic heterocycles. The van der Waals surface area contributed by atoms with Crippen molar-refractivity contribution in [1.29, 1.82) is 0 Å². The Morgan fingerprint density at radius 2 is 1.86 bits per heavy atom. The number of aryl methyl sites for hydroxylation is 4. The van der Waals surface area contributed by atoms with Crippen LogP contribution in [0.4, 0.5) is 5.69 Å². The van der Waals surface area contributed by atoms with Crippen LogP contribution in [-0.4, -0.2) is 11.7 Å². The highest BCUT2D eigenvalue weighted by molar-refractivity contribution is 7.99. The molecule has 0 atom stereocenters. The van der Waals surface area contributed by atoms with Crippen LogP contribution in [0.25, 0.3) is 11.0 Å². The second-order valence-corrected chi connectivity index (χ2v) is 8.39. The first-order chi connectivity index (χ1) is 13.5. The third-order valence-electron chi connectivity index (χ3n) is 5.32. The molecular formula is C23H23NO3S. The van der Waals surface area contributed by atoms with E-state index in [9.17, 15) is 9.59 Å². The van der Waals surface area contributed by atoms with Crippen molar-refractivity contribution < 1.29 is 9.21 Å². The average molecular weight is 394 g/mol. The summed E-state index contributed by atoms with van der Waals surface area (Å²) in [6.07, 6.45) is 3.42. The third kappa shape index (κ3) is 3.99. The fraction of sp³-hybridized carbons (Fsp3) is 0.304. The van der Waals surface area contributed by atoms with Crippen LogP contribution in [0.2, 0.25) is 0 Å². The Hall–Kier alpha value is -2.53. The van der Waals surface area contributed by atoms with Gasteiger partial charge in [-0.25, -0.2) is 4.79 Å². The lowest BCUT2D eigenvalue weighted by molar-refractivity contribution is -0.113. The number of thioether (sulfide) groups is 1. The maximum Gasteiger partial charge on any atom is 0.336 e. The molecule has 1 aliphatic rings. The molecule has 4 rings (SSSR count). The highest BCUT2D eigenvalue weighted by atomic mass is 32.2. The molecule has 4 nitrogen and oxygen atoms in total. The lowest BCUT2D eigenvalue weighted by atomic mass is 10.0. The van der Waals surface area contributed by atoms with Gasteiger partial charge in [0.15, 0.2) is 0 Å². The molecule has 0 bridgehead atoms. The van der Waals surface area contributed by atoms with Gasteiger partial charge in [-0.2, -0.15) is 0 Å². The van der Waals surface area contributed by atoms with Crippen LogP contribution >= 0.6 is 11.8 Å². The zero-order chi connectivity index (χ0) is 19.7. The molecule has 1 aliphatic carbocycles. The fourth-order valence-corrected chi connectivity index (χ4v) is 4.52. The molecule has 0 saturated carbocycles. The molecule has 0 spiro atoms. The number of fused-ring (bicyclic) bond motifs is 2. The predicted molar refractivity (Wildman–Crippen MR) is 115 cm³/mol. The van der Waals surface area contributed by atoms with Gasteiger partial charge in [-0.05, 0) is 85.2 Å². The lowest BCUT2D eigenvalue weighted by Gasteiger charge is -2.09. The SMILES string of the molecule is Cc1cc2oc(=O)cc(CSCC(=O)Nc3ccc4c(c3)CCC4)c2cc1C. The molecule has 3 aromatic rings. The van der Waals surface area contributed by atoms with Crippen molar-refractivity contribution in [2.45, 2.75) is 38.9 Å². The standard InChI is InChI=1S/C23H23NO3S/c1-14-8-20-18(11-23(26)27-21(20)9-15(14)2)12-28-13-22(25)24-19-7-6-16-4-3-5-17(16)10-19/h6-11H,3-5,12-13H2,1-2H3,(H,24,25). The van der Waals surface area contributed by atoms with E-state index in [0.29, 0.717) is 17.1 Å². The van der Waals surface area contributed by atoms with Gasteiger partial charge in [0.25, 0.3) is 0 Å². The molecule has 0 unspecified atom stereocenters.